The molecular weight excluding hydrogens is 270 g/mol. The second-order valence-corrected chi connectivity index (χ2v) is 5.78. The molecule has 2 aromatic rings. The van der Waals surface area contributed by atoms with Crippen LogP contribution in [0.5, 0.6) is 0 Å². The van der Waals surface area contributed by atoms with E-state index in [-0.39, 0.29) is 6.04 Å². The molecule has 0 amide bonds. The molecule has 2 rings (SSSR count). The molecule has 1 unspecified atom stereocenters. The molecule has 0 aliphatic heterocycles. The third-order valence-corrected chi connectivity index (χ3v) is 4.25. The van der Waals surface area contributed by atoms with Crippen LogP contribution in [0.1, 0.15) is 28.9 Å². The van der Waals surface area contributed by atoms with Crippen LogP contribution in [0.3, 0.4) is 0 Å². The van der Waals surface area contributed by atoms with Gasteiger partial charge in [0.05, 0.1) is 16.4 Å². The van der Waals surface area contributed by atoms with Crippen LogP contribution < -0.4 is 5.73 Å². The maximum Gasteiger partial charge on any atom is 0.0847 e. The number of nitrogens with two attached hydrogens (primary N) is 1. The first-order valence-corrected chi connectivity index (χ1v) is 7.35. The summed E-state index contributed by atoms with van der Waals surface area (Å²) in [5.74, 6) is 0. The van der Waals surface area contributed by atoms with Crippen LogP contribution in [0, 0.1) is 13.8 Å². The van der Waals surface area contributed by atoms with Crippen LogP contribution >= 0.6 is 11.6 Å². The first-order chi connectivity index (χ1) is 9.49. The normalized spacial score (nSPS) is 12.7. The third kappa shape index (κ3) is 3.41. The number of nitrogens with zero attached hydrogens (tertiary/aromatic N) is 2. The molecule has 0 radical (unpaired) electrons. The van der Waals surface area contributed by atoms with E-state index in [2.05, 4.69) is 36.3 Å². The SMILES string of the molecule is Cc1ccccc1CCC(N)Cc1c(Cl)c(C)nn1C. The molecule has 1 atom stereocenters. The van der Waals surface area contributed by atoms with Gasteiger partial charge in [-0.05, 0) is 37.8 Å². The van der Waals surface area contributed by atoms with Gasteiger partial charge in [0.1, 0.15) is 0 Å². The Labute approximate surface area is 125 Å². The van der Waals surface area contributed by atoms with Crippen molar-refractivity contribution in [1.82, 2.24) is 9.78 Å². The lowest BCUT2D eigenvalue weighted by atomic mass is 9.99. The maximum absolute atomic E-state index is 6.26. The smallest absolute Gasteiger partial charge is 0.0847 e. The molecule has 0 saturated heterocycles. The van der Waals surface area contributed by atoms with Gasteiger partial charge in [0.25, 0.3) is 0 Å². The zero-order chi connectivity index (χ0) is 14.7. The average molecular weight is 292 g/mol. The minimum atomic E-state index is 0.0990. The quantitative estimate of drug-likeness (QED) is 0.919. The first-order valence-electron chi connectivity index (χ1n) is 6.97. The molecule has 0 fully saturated rings. The lowest BCUT2D eigenvalue weighted by Gasteiger charge is -2.13. The molecule has 0 spiro atoms. The maximum atomic E-state index is 6.26. The van der Waals surface area contributed by atoms with E-state index < -0.39 is 0 Å². The van der Waals surface area contributed by atoms with Crippen molar-refractivity contribution in [1.29, 1.82) is 0 Å². The summed E-state index contributed by atoms with van der Waals surface area (Å²) in [4.78, 5) is 0. The highest BCUT2D eigenvalue weighted by atomic mass is 35.5. The Bertz CT molecular complexity index is 589. The highest BCUT2D eigenvalue weighted by Gasteiger charge is 2.14. The minimum Gasteiger partial charge on any atom is -0.327 e. The van der Waals surface area contributed by atoms with Gasteiger partial charge in [0, 0.05) is 19.5 Å². The average Bonchev–Trinajstić information content (AvgIpc) is 2.64. The summed E-state index contributed by atoms with van der Waals surface area (Å²) in [6, 6.07) is 8.55. The highest BCUT2D eigenvalue weighted by molar-refractivity contribution is 6.31. The number of benzene rings is 1. The summed E-state index contributed by atoms with van der Waals surface area (Å²) in [5.41, 5.74) is 10.8. The summed E-state index contributed by atoms with van der Waals surface area (Å²) < 4.78 is 1.84. The van der Waals surface area contributed by atoms with Crippen molar-refractivity contribution in [2.75, 3.05) is 0 Å². The zero-order valence-corrected chi connectivity index (χ0v) is 13.1. The van der Waals surface area contributed by atoms with Gasteiger partial charge in [-0.15, -0.1) is 0 Å². The van der Waals surface area contributed by atoms with Crippen molar-refractivity contribution >= 4 is 11.6 Å². The van der Waals surface area contributed by atoms with Crippen molar-refractivity contribution in [3.63, 3.8) is 0 Å². The molecule has 2 N–H and O–H groups in total. The number of halogens is 1. The predicted molar refractivity (Wildman–Crippen MR) is 84.1 cm³/mol. The Hall–Kier alpha value is -1.32. The Morgan fingerprint density at radius 1 is 1.30 bits per heavy atom. The monoisotopic (exact) mass is 291 g/mol. The van der Waals surface area contributed by atoms with Gasteiger partial charge in [0.15, 0.2) is 0 Å². The van der Waals surface area contributed by atoms with E-state index in [0.717, 1.165) is 35.7 Å². The highest BCUT2D eigenvalue weighted by Crippen LogP contribution is 2.21. The van der Waals surface area contributed by atoms with Crippen molar-refractivity contribution in [3.05, 3.63) is 51.8 Å². The summed E-state index contributed by atoms with van der Waals surface area (Å²) in [7, 11) is 1.92. The molecular formula is C16H22ClN3. The number of hydrogen-bond acceptors (Lipinski definition) is 2. The van der Waals surface area contributed by atoms with Crippen LogP contribution in [-0.4, -0.2) is 15.8 Å². The number of rotatable bonds is 5. The van der Waals surface area contributed by atoms with Crippen LogP contribution in [0.25, 0.3) is 0 Å². The van der Waals surface area contributed by atoms with Crippen molar-refractivity contribution < 1.29 is 0 Å². The van der Waals surface area contributed by atoms with Gasteiger partial charge >= 0.3 is 0 Å². The third-order valence-electron chi connectivity index (χ3n) is 3.76. The largest absolute Gasteiger partial charge is 0.327 e. The van der Waals surface area contributed by atoms with Crippen LogP contribution in [-0.2, 0) is 19.9 Å². The van der Waals surface area contributed by atoms with Crippen LogP contribution in [0.4, 0.5) is 0 Å². The van der Waals surface area contributed by atoms with E-state index in [1.807, 2.05) is 18.7 Å². The second-order valence-electron chi connectivity index (χ2n) is 5.40. The fraction of sp³-hybridized carbons (Fsp3) is 0.438. The molecule has 3 nitrogen and oxygen atoms in total. The molecule has 1 aromatic heterocycles. The number of aryl methyl sites for hydroxylation is 4. The number of aromatic nitrogens is 2. The Balaban J connectivity index is 1.96. The van der Waals surface area contributed by atoms with Gasteiger partial charge < -0.3 is 5.73 Å². The fourth-order valence-electron chi connectivity index (χ4n) is 2.48. The molecule has 20 heavy (non-hydrogen) atoms. The topological polar surface area (TPSA) is 43.8 Å². The predicted octanol–water partition coefficient (Wildman–Crippen LogP) is 3.19. The van der Waals surface area contributed by atoms with Gasteiger partial charge in [-0.25, -0.2) is 0 Å². The standard InChI is InChI=1S/C16H22ClN3/c1-11-6-4-5-7-13(11)8-9-14(18)10-15-16(17)12(2)19-20(15)3/h4-7,14H,8-10,18H2,1-3H3. The molecule has 4 heteroatoms. The summed E-state index contributed by atoms with van der Waals surface area (Å²) in [6.45, 7) is 4.06. The van der Waals surface area contributed by atoms with E-state index in [1.165, 1.54) is 11.1 Å². The van der Waals surface area contributed by atoms with Crippen LogP contribution in [0.2, 0.25) is 5.02 Å². The lowest BCUT2D eigenvalue weighted by Crippen LogP contribution is -2.25. The summed E-state index contributed by atoms with van der Waals surface area (Å²) >= 11 is 6.26. The van der Waals surface area contributed by atoms with Crippen molar-refractivity contribution in [2.24, 2.45) is 12.8 Å². The zero-order valence-electron chi connectivity index (χ0n) is 12.4. The van der Waals surface area contributed by atoms with E-state index in [0.29, 0.717) is 0 Å². The molecule has 0 saturated carbocycles. The molecule has 0 aliphatic rings. The summed E-state index contributed by atoms with van der Waals surface area (Å²) in [6.07, 6.45) is 2.72. The molecule has 108 valence electrons. The Morgan fingerprint density at radius 2 is 2.00 bits per heavy atom. The molecule has 1 heterocycles. The van der Waals surface area contributed by atoms with E-state index in [1.54, 1.807) is 0 Å². The summed E-state index contributed by atoms with van der Waals surface area (Å²) in [5, 5.41) is 5.07. The minimum absolute atomic E-state index is 0.0990. The fourth-order valence-corrected chi connectivity index (χ4v) is 2.72. The van der Waals surface area contributed by atoms with E-state index >= 15 is 0 Å². The second kappa shape index (κ2) is 6.42. The van der Waals surface area contributed by atoms with E-state index in [4.69, 9.17) is 17.3 Å². The molecule has 1 aromatic carbocycles. The first kappa shape index (κ1) is 15.1. The van der Waals surface area contributed by atoms with Crippen molar-refractivity contribution in [3.8, 4) is 0 Å². The van der Waals surface area contributed by atoms with Gasteiger partial charge in [-0.2, -0.15) is 5.10 Å². The molecule has 0 aliphatic carbocycles. The van der Waals surface area contributed by atoms with E-state index in [9.17, 15) is 0 Å². The van der Waals surface area contributed by atoms with Gasteiger partial charge in [0.2, 0.25) is 0 Å². The van der Waals surface area contributed by atoms with Gasteiger partial charge in [-0.1, -0.05) is 35.9 Å². The Kier molecular flexibility index (Phi) is 4.84. The van der Waals surface area contributed by atoms with Crippen molar-refractivity contribution in [2.45, 2.75) is 39.2 Å². The van der Waals surface area contributed by atoms with Gasteiger partial charge in [-0.3, -0.25) is 4.68 Å². The lowest BCUT2D eigenvalue weighted by molar-refractivity contribution is 0.577. The Morgan fingerprint density at radius 3 is 2.60 bits per heavy atom. The van der Waals surface area contributed by atoms with Crippen LogP contribution in [0.15, 0.2) is 24.3 Å². The molecule has 0 bridgehead atoms. The number of hydrogen-bond donors (Lipinski definition) is 1.